The van der Waals surface area contributed by atoms with E-state index in [-0.39, 0.29) is 27.9 Å². The average molecular weight is 493 g/mol. The number of nitrogens with two attached hydrogens (primary N) is 1. The summed E-state index contributed by atoms with van der Waals surface area (Å²) in [5.41, 5.74) is 0. The third kappa shape index (κ3) is 5.53. The molecule has 0 saturated carbocycles. The molecule has 0 atom stereocenters. The van der Waals surface area contributed by atoms with Crippen molar-refractivity contribution in [3.05, 3.63) is 40.6 Å². The van der Waals surface area contributed by atoms with Gasteiger partial charge in [-0.15, -0.1) is 11.3 Å². The van der Waals surface area contributed by atoms with E-state index >= 15 is 0 Å². The van der Waals surface area contributed by atoms with Gasteiger partial charge >= 0.3 is 5.97 Å². The zero-order chi connectivity index (χ0) is 21.8. The minimum absolute atomic E-state index is 0.0112. The van der Waals surface area contributed by atoms with Crippen LogP contribution in [0.5, 0.6) is 5.75 Å². The van der Waals surface area contributed by atoms with Crippen molar-refractivity contribution in [2.75, 3.05) is 37.8 Å². The predicted molar refractivity (Wildman–Crippen MR) is 114 cm³/mol. The molecule has 0 aliphatic carbocycles. The fourth-order valence-corrected chi connectivity index (χ4v) is 7.04. The molecule has 13 heteroatoms. The largest absolute Gasteiger partial charge is 0.490 e. The topological polar surface area (TPSA) is 133 Å². The van der Waals surface area contributed by atoms with Gasteiger partial charge in [-0.2, -0.15) is 16.1 Å². The zero-order valence-electron chi connectivity index (χ0n) is 15.7. The van der Waals surface area contributed by atoms with E-state index in [4.69, 9.17) is 14.6 Å². The van der Waals surface area contributed by atoms with E-state index in [2.05, 4.69) is 0 Å². The summed E-state index contributed by atoms with van der Waals surface area (Å²) in [6.07, 6.45) is 0. The molecule has 164 valence electrons. The molecule has 2 N–H and O–H groups in total. The second kappa shape index (κ2) is 9.66. The zero-order valence-corrected chi connectivity index (χ0v) is 19.0. The van der Waals surface area contributed by atoms with Crippen LogP contribution in [0.15, 0.2) is 45.5 Å². The summed E-state index contributed by atoms with van der Waals surface area (Å²) >= 11 is 2.70. The number of esters is 1. The van der Waals surface area contributed by atoms with E-state index in [0.717, 1.165) is 22.8 Å². The Morgan fingerprint density at radius 3 is 2.33 bits per heavy atom. The Morgan fingerprint density at radius 2 is 1.70 bits per heavy atom. The lowest BCUT2D eigenvalue weighted by atomic mass is 10.3. The van der Waals surface area contributed by atoms with Crippen molar-refractivity contribution in [3.8, 4) is 5.75 Å². The van der Waals surface area contributed by atoms with Gasteiger partial charge in [0.1, 0.15) is 28.7 Å². The van der Waals surface area contributed by atoms with Crippen LogP contribution in [-0.4, -0.2) is 64.9 Å². The van der Waals surface area contributed by atoms with E-state index in [1.54, 1.807) is 17.1 Å². The number of carbonyl (C=O) groups is 1. The number of primary sulfonamides is 1. The molecule has 2 heterocycles. The molecule has 30 heavy (non-hydrogen) atoms. The van der Waals surface area contributed by atoms with Gasteiger partial charge in [0.2, 0.25) is 20.0 Å². The predicted octanol–water partition coefficient (Wildman–Crippen LogP) is 1.37. The summed E-state index contributed by atoms with van der Waals surface area (Å²) in [4.78, 5) is 12.3. The highest BCUT2D eigenvalue weighted by atomic mass is 32.2. The smallest absolute Gasteiger partial charge is 0.349 e. The summed E-state index contributed by atoms with van der Waals surface area (Å²) in [6.45, 7) is 0.732. The fourth-order valence-electron chi connectivity index (χ4n) is 2.66. The van der Waals surface area contributed by atoms with Gasteiger partial charge in [0.15, 0.2) is 0 Å². The summed E-state index contributed by atoms with van der Waals surface area (Å²) < 4.78 is 60.0. The van der Waals surface area contributed by atoms with E-state index < -0.39 is 26.0 Å². The van der Waals surface area contributed by atoms with E-state index in [9.17, 15) is 21.6 Å². The quantitative estimate of drug-likeness (QED) is 0.431. The van der Waals surface area contributed by atoms with Gasteiger partial charge in [-0.05, 0) is 35.7 Å². The fraction of sp³-hybridized carbons (Fsp3) is 0.353. The molecule has 1 aliphatic rings. The summed E-state index contributed by atoms with van der Waals surface area (Å²) in [5.74, 6) is 1.08. The average Bonchev–Trinajstić information content (AvgIpc) is 3.22. The number of benzene rings is 1. The van der Waals surface area contributed by atoms with Crippen LogP contribution in [0.3, 0.4) is 0 Å². The molecule has 0 spiro atoms. The first kappa shape index (κ1) is 23.0. The van der Waals surface area contributed by atoms with Crippen molar-refractivity contribution in [1.29, 1.82) is 0 Å². The number of sulfonamides is 2. The SMILES string of the molecule is NS(=O)(=O)c1ccc(OCCOC(=O)c2sccc2S(=O)(=O)N2CCSCC2)cc1. The van der Waals surface area contributed by atoms with Crippen molar-refractivity contribution in [1.82, 2.24) is 4.31 Å². The minimum Gasteiger partial charge on any atom is -0.490 e. The minimum atomic E-state index is -3.78. The Bertz CT molecular complexity index is 1090. The molecule has 3 rings (SSSR count). The van der Waals surface area contributed by atoms with Crippen LogP contribution in [-0.2, 0) is 24.8 Å². The number of hydrogen-bond donors (Lipinski definition) is 1. The molecule has 1 fully saturated rings. The van der Waals surface area contributed by atoms with Gasteiger partial charge in [0.05, 0.1) is 4.90 Å². The van der Waals surface area contributed by atoms with E-state index in [1.165, 1.54) is 34.6 Å². The van der Waals surface area contributed by atoms with Crippen LogP contribution in [0, 0.1) is 0 Å². The normalized spacial score (nSPS) is 15.6. The first-order valence-electron chi connectivity index (χ1n) is 8.78. The molecular weight excluding hydrogens is 472 g/mol. The molecule has 0 amide bonds. The van der Waals surface area contributed by atoms with Crippen LogP contribution in [0.25, 0.3) is 0 Å². The molecule has 0 unspecified atom stereocenters. The molecule has 1 aromatic carbocycles. The van der Waals surface area contributed by atoms with E-state index in [0.29, 0.717) is 18.8 Å². The first-order chi connectivity index (χ1) is 14.2. The van der Waals surface area contributed by atoms with E-state index in [1.807, 2.05) is 0 Å². The summed E-state index contributed by atoms with van der Waals surface area (Å²) in [5, 5.41) is 6.57. The summed E-state index contributed by atoms with van der Waals surface area (Å²) in [6, 6.07) is 6.89. The lowest BCUT2D eigenvalue weighted by molar-refractivity contribution is 0.0452. The Hall–Kier alpha value is -1.64. The van der Waals surface area contributed by atoms with Gasteiger partial charge in [0, 0.05) is 24.6 Å². The maximum absolute atomic E-state index is 12.8. The highest BCUT2D eigenvalue weighted by Crippen LogP contribution is 2.27. The van der Waals surface area contributed by atoms with Crippen molar-refractivity contribution in [3.63, 3.8) is 0 Å². The Labute approximate surface area is 183 Å². The van der Waals surface area contributed by atoms with Gasteiger partial charge in [-0.25, -0.2) is 26.8 Å². The van der Waals surface area contributed by atoms with Crippen molar-refractivity contribution < 1.29 is 31.1 Å². The molecule has 2 aromatic rings. The standard InChI is InChI=1S/C17H20N2O7S4/c18-29(21,22)14-3-1-13(2-4-14)25-8-9-26-17(20)16-15(5-10-28-16)30(23,24)19-6-11-27-12-7-19/h1-5,10H,6-9,11-12H2,(H2,18,21,22). The number of thiophene rings is 1. The van der Waals surface area contributed by atoms with Crippen LogP contribution in [0.1, 0.15) is 9.67 Å². The van der Waals surface area contributed by atoms with Gasteiger partial charge in [-0.3, -0.25) is 0 Å². The number of thioether (sulfide) groups is 1. The highest BCUT2D eigenvalue weighted by molar-refractivity contribution is 7.99. The third-order valence-corrected chi connectivity index (χ3v) is 8.98. The van der Waals surface area contributed by atoms with Crippen molar-refractivity contribution in [2.24, 2.45) is 5.14 Å². The first-order valence-corrected chi connectivity index (χ1v) is 13.8. The van der Waals surface area contributed by atoms with Gasteiger partial charge in [-0.1, -0.05) is 0 Å². The Morgan fingerprint density at radius 1 is 1.03 bits per heavy atom. The van der Waals surface area contributed by atoms with Crippen LogP contribution in [0.2, 0.25) is 0 Å². The number of ether oxygens (including phenoxy) is 2. The van der Waals surface area contributed by atoms with Gasteiger partial charge in [0.25, 0.3) is 0 Å². The molecule has 1 saturated heterocycles. The van der Waals surface area contributed by atoms with Crippen molar-refractivity contribution >= 4 is 49.1 Å². The Kier molecular flexibility index (Phi) is 7.42. The number of hydrogen-bond acceptors (Lipinski definition) is 9. The second-order valence-corrected chi connectivity index (χ2v) is 11.7. The highest BCUT2D eigenvalue weighted by Gasteiger charge is 2.31. The molecule has 9 nitrogen and oxygen atoms in total. The molecular formula is C17H20N2O7S4. The van der Waals surface area contributed by atoms with Crippen LogP contribution < -0.4 is 9.88 Å². The third-order valence-electron chi connectivity index (χ3n) is 4.14. The second-order valence-electron chi connectivity index (χ2n) is 6.13. The maximum Gasteiger partial charge on any atom is 0.349 e. The number of nitrogens with zero attached hydrogens (tertiary/aromatic N) is 1. The van der Waals surface area contributed by atoms with Gasteiger partial charge < -0.3 is 9.47 Å². The molecule has 0 bridgehead atoms. The van der Waals surface area contributed by atoms with Crippen LogP contribution >= 0.6 is 23.1 Å². The summed E-state index contributed by atoms with van der Waals surface area (Å²) in [7, 11) is -7.53. The van der Waals surface area contributed by atoms with Crippen molar-refractivity contribution in [2.45, 2.75) is 9.79 Å². The lowest BCUT2D eigenvalue weighted by Crippen LogP contribution is -2.38. The maximum atomic E-state index is 12.8. The lowest BCUT2D eigenvalue weighted by Gasteiger charge is -2.25. The molecule has 1 aliphatic heterocycles. The number of rotatable bonds is 8. The molecule has 1 aromatic heterocycles. The number of carbonyl (C=O) groups excluding carboxylic acids is 1. The van der Waals surface area contributed by atoms with Crippen LogP contribution in [0.4, 0.5) is 0 Å². The molecule has 0 radical (unpaired) electrons. The Balaban J connectivity index is 1.55. The monoisotopic (exact) mass is 492 g/mol.